The molecule has 3 rings (SSSR count). The smallest absolute Gasteiger partial charge is 0.357 e. The molecule has 7 nitrogen and oxygen atoms in total. The van der Waals surface area contributed by atoms with Gasteiger partial charge in [-0.1, -0.05) is 0 Å². The van der Waals surface area contributed by atoms with E-state index in [0.717, 1.165) is 0 Å². The number of anilines is 1. The standard InChI is InChI=1S/C15H12FN5O2/c1-7-12-10(16)3-9(4-11(12)20-19-7)21-6-8(5-17)13(18)14(21)15(22)23-2/h3-4,6H,18H2,1-2H3,(H,19,20). The van der Waals surface area contributed by atoms with Gasteiger partial charge in [-0.3, -0.25) is 5.10 Å². The summed E-state index contributed by atoms with van der Waals surface area (Å²) < 4.78 is 20.4. The van der Waals surface area contributed by atoms with Gasteiger partial charge in [-0.15, -0.1) is 0 Å². The molecule has 1 aromatic carbocycles. The van der Waals surface area contributed by atoms with Crippen molar-refractivity contribution in [2.24, 2.45) is 0 Å². The van der Waals surface area contributed by atoms with Crippen molar-refractivity contribution < 1.29 is 13.9 Å². The first-order chi connectivity index (χ1) is 11.0. The number of hydrogen-bond donors (Lipinski definition) is 2. The fraction of sp³-hybridized carbons (Fsp3) is 0.133. The molecule has 0 bridgehead atoms. The SMILES string of the molecule is COC(=O)c1c(N)c(C#N)cn1-c1cc(F)c2c(C)[nH]nc2c1. The molecule has 0 spiro atoms. The number of carbonyl (C=O) groups excluding carboxylic acids is 1. The quantitative estimate of drug-likeness (QED) is 0.703. The topological polar surface area (TPSA) is 110 Å². The predicted octanol–water partition coefficient (Wildman–Crippen LogP) is 2.04. The molecule has 0 atom stereocenters. The third-order valence-electron chi connectivity index (χ3n) is 3.59. The van der Waals surface area contributed by atoms with Gasteiger partial charge < -0.3 is 15.0 Å². The third kappa shape index (κ3) is 2.10. The molecule has 0 amide bonds. The average Bonchev–Trinajstić information content (AvgIpc) is 3.07. The molecule has 0 radical (unpaired) electrons. The Hall–Kier alpha value is -3.34. The van der Waals surface area contributed by atoms with Crippen molar-refractivity contribution >= 4 is 22.6 Å². The number of methoxy groups -OCH3 is 1. The van der Waals surface area contributed by atoms with E-state index < -0.39 is 11.8 Å². The maximum atomic E-state index is 14.3. The van der Waals surface area contributed by atoms with Gasteiger partial charge in [0.05, 0.1) is 35.0 Å². The van der Waals surface area contributed by atoms with E-state index in [1.165, 1.54) is 23.9 Å². The summed E-state index contributed by atoms with van der Waals surface area (Å²) in [5, 5.41) is 16.2. The van der Waals surface area contributed by atoms with Crippen LogP contribution in [0.2, 0.25) is 0 Å². The molecule has 0 aliphatic carbocycles. The van der Waals surface area contributed by atoms with Gasteiger partial charge in [-0.05, 0) is 19.1 Å². The molecular formula is C15H12FN5O2. The number of hydrogen-bond acceptors (Lipinski definition) is 5. The molecule has 116 valence electrons. The van der Waals surface area contributed by atoms with Gasteiger partial charge in [0.25, 0.3) is 0 Å². The van der Waals surface area contributed by atoms with Crippen LogP contribution in [-0.4, -0.2) is 27.8 Å². The number of aromatic nitrogens is 3. The van der Waals surface area contributed by atoms with Gasteiger partial charge >= 0.3 is 5.97 Å². The first kappa shape index (κ1) is 14.6. The van der Waals surface area contributed by atoms with Crippen LogP contribution in [0.15, 0.2) is 18.3 Å². The molecule has 3 aromatic rings. The van der Waals surface area contributed by atoms with Crippen LogP contribution in [0, 0.1) is 24.1 Å². The zero-order valence-corrected chi connectivity index (χ0v) is 12.3. The number of esters is 1. The largest absolute Gasteiger partial charge is 0.464 e. The Balaban J connectivity index is 2.31. The molecular weight excluding hydrogens is 301 g/mol. The lowest BCUT2D eigenvalue weighted by atomic mass is 10.2. The maximum absolute atomic E-state index is 14.3. The lowest BCUT2D eigenvalue weighted by Crippen LogP contribution is -2.11. The van der Waals surface area contributed by atoms with E-state index in [0.29, 0.717) is 22.3 Å². The number of H-pyrrole nitrogens is 1. The van der Waals surface area contributed by atoms with Crippen LogP contribution in [0.3, 0.4) is 0 Å². The number of fused-ring (bicyclic) bond motifs is 1. The van der Waals surface area contributed by atoms with Crippen molar-refractivity contribution in [2.75, 3.05) is 12.8 Å². The average molecular weight is 313 g/mol. The Kier molecular flexibility index (Phi) is 3.26. The van der Waals surface area contributed by atoms with Gasteiger partial charge in [0, 0.05) is 11.9 Å². The molecule has 8 heteroatoms. The van der Waals surface area contributed by atoms with Crippen LogP contribution in [0.25, 0.3) is 16.6 Å². The number of carbonyl (C=O) groups is 1. The van der Waals surface area contributed by atoms with E-state index >= 15 is 0 Å². The van der Waals surface area contributed by atoms with Gasteiger partial charge in [-0.2, -0.15) is 10.4 Å². The van der Waals surface area contributed by atoms with Crippen molar-refractivity contribution in [1.29, 1.82) is 5.26 Å². The fourth-order valence-corrected chi connectivity index (χ4v) is 2.49. The Morgan fingerprint density at radius 2 is 2.26 bits per heavy atom. The summed E-state index contributed by atoms with van der Waals surface area (Å²) in [4.78, 5) is 12.0. The van der Waals surface area contributed by atoms with E-state index in [1.807, 2.05) is 6.07 Å². The highest BCUT2D eigenvalue weighted by atomic mass is 19.1. The number of ether oxygens (including phenoxy) is 1. The molecule has 0 saturated carbocycles. The van der Waals surface area contributed by atoms with Gasteiger partial charge in [0.1, 0.15) is 11.9 Å². The summed E-state index contributed by atoms with van der Waals surface area (Å²) in [6.07, 6.45) is 1.36. The predicted molar refractivity (Wildman–Crippen MR) is 80.6 cm³/mol. The first-order valence-electron chi connectivity index (χ1n) is 6.61. The Labute approximate surface area is 130 Å². The second-order valence-electron chi connectivity index (χ2n) is 4.95. The zero-order valence-electron chi connectivity index (χ0n) is 12.3. The molecule has 0 saturated heterocycles. The third-order valence-corrected chi connectivity index (χ3v) is 3.59. The van der Waals surface area contributed by atoms with E-state index in [9.17, 15) is 9.18 Å². The number of nitrogens with zero attached hydrogens (tertiary/aromatic N) is 3. The van der Waals surface area contributed by atoms with Crippen LogP contribution < -0.4 is 5.73 Å². The summed E-state index contributed by atoms with van der Waals surface area (Å²) in [5.41, 5.74) is 7.19. The Morgan fingerprint density at radius 3 is 2.91 bits per heavy atom. The number of rotatable bonds is 2. The van der Waals surface area contributed by atoms with Crippen LogP contribution >= 0.6 is 0 Å². The monoisotopic (exact) mass is 313 g/mol. The van der Waals surface area contributed by atoms with E-state index in [2.05, 4.69) is 10.2 Å². The number of aryl methyl sites for hydroxylation is 1. The van der Waals surface area contributed by atoms with E-state index in [1.54, 1.807) is 13.0 Å². The van der Waals surface area contributed by atoms with Crippen molar-refractivity contribution in [3.05, 3.63) is 41.1 Å². The normalized spacial score (nSPS) is 10.7. The molecule has 0 aliphatic rings. The summed E-state index contributed by atoms with van der Waals surface area (Å²) in [6.45, 7) is 1.71. The van der Waals surface area contributed by atoms with Crippen LogP contribution in [-0.2, 0) is 4.74 Å². The number of benzene rings is 1. The van der Waals surface area contributed by atoms with Crippen molar-refractivity contribution in [3.8, 4) is 11.8 Å². The minimum Gasteiger partial charge on any atom is -0.464 e. The lowest BCUT2D eigenvalue weighted by molar-refractivity contribution is 0.0593. The minimum atomic E-state index is -0.720. The summed E-state index contributed by atoms with van der Waals surface area (Å²) in [6, 6.07) is 4.73. The maximum Gasteiger partial charge on any atom is 0.357 e. The highest BCUT2D eigenvalue weighted by Crippen LogP contribution is 2.28. The second kappa shape index (κ2) is 5.14. The molecule has 2 aromatic heterocycles. The number of aromatic amines is 1. The van der Waals surface area contributed by atoms with Gasteiger partial charge in [0.15, 0.2) is 5.69 Å². The van der Waals surface area contributed by atoms with Crippen molar-refractivity contribution in [2.45, 2.75) is 6.92 Å². The zero-order chi connectivity index (χ0) is 16.7. The van der Waals surface area contributed by atoms with Crippen LogP contribution in [0.1, 0.15) is 21.7 Å². The number of halogens is 1. The lowest BCUT2D eigenvalue weighted by Gasteiger charge is -2.09. The molecule has 23 heavy (non-hydrogen) atoms. The summed E-state index contributed by atoms with van der Waals surface area (Å²) in [5.74, 6) is -1.21. The van der Waals surface area contributed by atoms with Crippen molar-refractivity contribution in [3.63, 3.8) is 0 Å². The van der Waals surface area contributed by atoms with E-state index in [-0.39, 0.29) is 16.9 Å². The van der Waals surface area contributed by atoms with Crippen molar-refractivity contribution in [1.82, 2.24) is 14.8 Å². The second-order valence-corrected chi connectivity index (χ2v) is 4.95. The fourth-order valence-electron chi connectivity index (χ4n) is 2.49. The Bertz CT molecular complexity index is 980. The molecule has 3 N–H and O–H groups in total. The molecule has 0 unspecified atom stereocenters. The van der Waals surface area contributed by atoms with E-state index in [4.69, 9.17) is 15.7 Å². The Morgan fingerprint density at radius 1 is 1.52 bits per heavy atom. The summed E-state index contributed by atoms with van der Waals surface area (Å²) in [7, 11) is 1.20. The van der Waals surface area contributed by atoms with Crippen LogP contribution in [0.5, 0.6) is 0 Å². The molecule has 0 aliphatic heterocycles. The highest BCUT2D eigenvalue weighted by Gasteiger charge is 2.22. The first-order valence-corrected chi connectivity index (χ1v) is 6.61. The van der Waals surface area contributed by atoms with Gasteiger partial charge in [0.2, 0.25) is 0 Å². The minimum absolute atomic E-state index is 0.0157. The summed E-state index contributed by atoms with van der Waals surface area (Å²) >= 11 is 0. The molecule has 2 heterocycles. The highest BCUT2D eigenvalue weighted by molar-refractivity contribution is 5.96. The van der Waals surface area contributed by atoms with Gasteiger partial charge in [-0.25, -0.2) is 9.18 Å². The van der Waals surface area contributed by atoms with Crippen LogP contribution in [0.4, 0.5) is 10.1 Å². The number of nitriles is 1. The molecule has 0 fully saturated rings. The number of nitrogens with one attached hydrogen (secondary N) is 1. The number of nitrogen functional groups attached to an aromatic ring is 1. The number of nitrogens with two attached hydrogens (primary N) is 1.